The van der Waals surface area contributed by atoms with Gasteiger partial charge in [0.25, 0.3) is 5.91 Å². The second-order valence-corrected chi connectivity index (χ2v) is 4.87. The maximum Gasteiger partial charge on any atom is 0.253 e. The van der Waals surface area contributed by atoms with Crippen molar-refractivity contribution < 1.29 is 9.53 Å². The summed E-state index contributed by atoms with van der Waals surface area (Å²) < 4.78 is 5.54. The molecule has 1 N–H and O–H groups in total. The van der Waals surface area contributed by atoms with E-state index in [4.69, 9.17) is 4.74 Å². The largest absolute Gasteiger partial charge is 0.491 e. The van der Waals surface area contributed by atoms with Crippen molar-refractivity contribution in [3.63, 3.8) is 0 Å². The molecule has 0 aromatic heterocycles. The first-order chi connectivity index (χ1) is 9.25. The van der Waals surface area contributed by atoms with E-state index in [0.717, 1.165) is 11.3 Å². The molecule has 1 aliphatic heterocycles. The lowest BCUT2D eigenvalue weighted by Gasteiger charge is -2.12. The minimum atomic E-state index is -0.129. The minimum Gasteiger partial charge on any atom is -0.491 e. The van der Waals surface area contributed by atoms with Gasteiger partial charge in [-0.15, -0.1) is 12.6 Å². The van der Waals surface area contributed by atoms with Gasteiger partial charge in [0.05, 0.1) is 11.6 Å². The number of benzene rings is 2. The van der Waals surface area contributed by atoms with Crippen LogP contribution in [0.25, 0.3) is 0 Å². The molecule has 4 heteroatoms. The summed E-state index contributed by atoms with van der Waals surface area (Å²) in [5.41, 5.74) is 1.60. The lowest BCUT2D eigenvalue weighted by Crippen LogP contribution is -2.29. The van der Waals surface area contributed by atoms with Crippen molar-refractivity contribution in [3.8, 4) is 5.75 Å². The van der Waals surface area contributed by atoms with Crippen molar-refractivity contribution in [1.82, 2.24) is 5.32 Å². The van der Waals surface area contributed by atoms with E-state index < -0.39 is 0 Å². The molecule has 1 heterocycles. The van der Waals surface area contributed by atoms with E-state index in [1.807, 2.05) is 36.4 Å². The van der Waals surface area contributed by atoms with Gasteiger partial charge in [0.15, 0.2) is 0 Å². The lowest BCUT2D eigenvalue weighted by atomic mass is 10.1. The molecule has 1 unspecified atom stereocenters. The minimum absolute atomic E-state index is 0.100. The van der Waals surface area contributed by atoms with Crippen LogP contribution in [0.2, 0.25) is 0 Å². The van der Waals surface area contributed by atoms with Gasteiger partial charge in [-0.05, 0) is 18.2 Å². The highest BCUT2D eigenvalue weighted by molar-refractivity contribution is 7.80. The Kier molecular flexibility index (Phi) is 3.17. The fraction of sp³-hybridized carbons (Fsp3) is 0.133. The molecule has 0 spiro atoms. The number of nitrogens with one attached hydrogen (secondary N) is 1. The fourth-order valence-electron chi connectivity index (χ4n) is 2.18. The molecule has 3 nitrogen and oxygen atoms in total. The number of hydrogen-bond donors (Lipinski definition) is 2. The molecule has 1 amide bonds. The molecule has 2 aromatic carbocycles. The monoisotopic (exact) mass is 271 g/mol. The Morgan fingerprint density at radius 2 is 1.89 bits per heavy atom. The van der Waals surface area contributed by atoms with Crippen LogP contribution in [0.1, 0.15) is 22.0 Å². The van der Waals surface area contributed by atoms with Gasteiger partial charge in [0.1, 0.15) is 12.4 Å². The van der Waals surface area contributed by atoms with Crippen molar-refractivity contribution in [3.05, 3.63) is 59.7 Å². The van der Waals surface area contributed by atoms with Gasteiger partial charge in [-0.25, -0.2) is 0 Å². The Bertz CT molecular complexity index is 627. The van der Waals surface area contributed by atoms with Crippen LogP contribution in [0.5, 0.6) is 5.75 Å². The molecule has 3 rings (SSSR count). The third kappa shape index (κ3) is 2.31. The molecular formula is C15H13NO2S. The Labute approximate surface area is 117 Å². The number of ether oxygens (including phenoxy) is 1. The van der Waals surface area contributed by atoms with Crippen molar-refractivity contribution in [2.45, 2.75) is 10.9 Å². The Balaban J connectivity index is 1.81. The number of rotatable bonds is 2. The van der Waals surface area contributed by atoms with E-state index in [1.165, 1.54) is 0 Å². The third-order valence-corrected chi connectivity index (χ3v) is 3.54. The Morgan fingerprint density at radius 3 is 2.74 bits per heavy atom. The summed E-state index contributed by atoms with van der Waals surface area (Å²) in [4.78, 5) is 12.9. The van der Waals surface area contributed by atoms with Crippen molar-refractivity contribution >= 4 is 18.5 Å². The van der Waals surface area contributed by atoms with Crippen LogP contribution < -0.4 is 10.1 Å². The SMILES string of the molecule is O=C(NC1COc2ccccc21)c1ccccc1S. The second kappa shape index (κ2) is 4.97. The zero-order valence-corrected chi connectivity index (χ0v) is 11.1. The first-order valence-corrected chi connectivity index (χ1v) is 6.51. The number of para-hydroxylation sites is 1. The van der Waals surface area contributed by atoms with Gasteiger partial charge in [-0.1, -0.05) is 30.3 Å². The molecular weight excluding hydrogens is 258 g/mol. The van der Waals surface area contributed by atoms with Crippen LogP contribution in [-0.4, -0.2) is 12.5 Å². The van der Waals surface area contributed by atoms with E-state index in [-0.39, 0.29) is 11.9 Å². The highest BCUT2D eigenvalue weighted by Gasteiger charge is 2.25. The molecule has 0 saturated heterocycles. The summed E-state index contributed by atoms with van der Waals surface area (Å²) in [7, 11) is 0. The first kappa shape index (κ1) is 12.1. The summed E-state index contributed by atoms with van der Waals surface area (Å²) in [5.74, 6) is 0.711. The van der Waals surface area contributed by atoms with Crippen molar-refractivity contribution in [2.75, 3.05) is 6.61 Å². The predicted molar refractivity (Wildman–Crippen MR) is 75.8 cm³/mol. The molecule has 19 heavy (non-hydrogen) atoms. The van der Waals surface area contributed by atoms with E-state index in [9.17, 15) is 4.79 Å². The van der Waals surface area contributed by atoms with Crippen molar-refractivity contribution in [2.24, 2.45) is 0 Å². The van der Waals surface area contributed by atoms with Gasteiger partial charge in [0, 0.05) is 10.5 Å². The maximum atomic E-state index is 12.2. The van der Waals surface area contributed by atoms with Gasteiger partial charge in [-0.2, -0.15) is 0 Å². The molecule has 0 bridgehead atoms. The van der Waals surface area contributed by atoms with E-state index in [2.05, 4.69) is 17.9 Å². The summed E-state index contributed by atoms with van der Waals surface area (Å²) in [6.07, 6.45) is 0. The Hall–Kier alpha value is -1.94. The van der Waals surface area contributed by atoms with Crippen LogP contribution in [0.4, 0.5) is 0 Å². The van der Waals surface area contributed by atoms with Crippen LogP contribution in [0.15, 0.2) is 53.4 Å². The number of fused-ring (bicyclic) bond motifs is 1. The molecule has 0 radical (unpaired) electrons. The third-order valence-electron chi connectivity index (χ3n) is 3.15. The molecule has 96 valence electrons. The number of carbonyl (C=O) groups is 1. The maximum absolute atomic E-state index is 12.2. The second-order valence-electron chi connectivity index (χ2n) is 4.39. The van der Waals surface area contributed by atoms with Gasteiger partial charge in [0.2, 0.25) is 0 Å². The summed E-state index contributed by atoms with van der Waals surface area (Å²) >= 11 is 4.30. The molecule has 2 aromatic rings. The van der Waals surface area contributed by atoms with Crippen molar-refractivity contribution in [1.29, 1.82) is 0 Å². The zero-order chi connectivity index (χ0) is 13.2. The highest BCUT2D eigenvalue weighted by Crippen LogP contribution is 2.31. The van der Waals surface area contributed by atoms with Crippen LogP contribution in [0.3, 0.4) is 0 Å². The van der Waals surface area contributed by atoms with Gasteiger partial charge >= 0.3 is 0 Å². The molecule has 1 aliphatic rings. The first-order valence-electron chi connectivity index (χ1n) is 6.06. The van der Waals surface area contributed by atoms with Crippen LogP contribution in [-0.2, 0) is 0 Å². The van der Waals surface area contributed by atoms with Gasteiger partial charge in [-0.3, -0.25) is 4.79 Å². The molecule has 0 saturated carbocycles. The highest BCUT2D eigenvalue weighted by atomic mass is 32.1. The topological polar surface area (TPSA) is 38.3 Å². The molecule has 1 atom stereocenters. The number of thiol groups is 1. The number of amides is 1. The average molecular weight is 271 g/mol. The fourth-order valence-corrected chi connectivity index (χ4v) is 2.45. The van der Waals surface area contributed by atoms with Crippen LogP contribution in [0, 0.1) is 0 Å². The predicted octanol–water partition coefficient (Wildman–Crippen LogP) is 2.84. The zero-order valence-electron chi connectivity index (χ0n) is 10.2. The normalized spacial score (nSPS) is 16.6. The molecule has 0 fully saturated rings. The van der Waals surface area contributed by atoms with E-state index in [0.29, 0.717) is 17.1 Å². The molecule has 0 aliphatic carbocycles. The number of hydrogen-bond acceptors (Lipinski definition) is 3. The quantitative estimate of drug-likeness (QED) is 0.824. The Morgan fingerprint density at radius 1 is 1.16 bits per heavy atom. The summed E-state index contributed by atoms with van der Waals surface area (Å²) in [6, 6.07) is 14.9. The summed E-state index contributed by atoms with van der Waals surface area (Å²) in [6.45, 7) is 0.472. The lowest BCUT2D eigenvalue weighted by molar-refractivity contribution is 0.0927. The summed E-state index contributed by atoms with van der Waals surface area (Å²) in [5, 5.41) is 2.98. The van der Waals surface area contributed by atoms with E-state index >= 15 is 0 Å². The number of carbonyl (C=O) groups excluding carboxylic acids is 1. The van der Waals surface area contributed by atoms with Crippen LogP contribution >= 0.6 is 12.6 Å². The smallest absolute Gasteiger partial charge is 0.253 e. The standard InChI is InChI=1S/C15H13NO2S/c17-15(11-6-2-4-8-14(11)19)16-12-9-18-13-7-3-1-5-10(12)13/h1-8,12,19H,9H2,(H,16,17). The average Bonchev–Trinajstić information content (AvgIpc) is 2.83. The van der Waals surface area contributed by atoms with E-state index in [1.54, 1.807) is 12.1 Å². The van der Waals surface area contributed by atoms with Gasteiger partial charge < -0.3 is 10.1 Å².